The molecule has 0 aromatic heterocycles. The molecule has 0 unspecified atom stereocenters. The van der Waals surface area contributed by atoms with Crippen LogP contribution in [0.3, 0.4) is 0 Å². The highest BCUT2D eigenvalue weighted by atomic mass is 16.5. The Kier molecular flexibility index (Phi) is 5.85. The highest BCUT2D eigenvalue weighted by molar-refractivity contribution is 5.82. The van der Waals surface area contributed by atoms with Crippen LogP contribution in [0.5, 0.6) is 0 Å². The summed E-state index contributed by atoms with van der Waals surface area (Å²) in [5.74, 6) is -0.218. The molecule has 0 heterocycles. The third-order valence-electron chi connectivity index (χ3n) is 2.82. The normalized spacial score (nSPS) is 16.8. The van der Waals surface area contributed by atoms with Crippen molar-refractivity contribution in [2.75, 3.05) is 19.7 Å². The molecular weight excluding hydrogens is 208 g/mol. The van der Waals surface area contributed by atoms with Crippen LogP contribution in [0.15, 0.2) is 0 Å². The average Bonchev–Trinajstić information content (AvgIpc) is 2.34. The fraction of sp³-hybridized carbons (Fsp3) is 0.818. The highest BCUT2D eigenvalue weighted by Gasteiger charge is 2.15. The van der Waals surface area contributed by atoms with E-state index in [1.165, 1.54) is 19.3 Å². The van der Waals surface area contributed by atoms with Gasteiger partial charge in [0.05, 0.1) is 13.2 Å². The van der Waals surface area contributed by atoms with E-state index in [1.54, 1.807) is 0 Å². The van der Waals surface area contributed by atoms with Gasteiger partial charge in [0.15, 0.2) is 0 Å². The molecule has 5 nitrogen and oxygen atoms in total. The largest absolute Gasteiger partial charge is 0.464 e. The van der Waals surface area contributed by atoms with Crippen molar-refractivity contribution in [2.24, 2.45) is 11.7 Å². The maximum Gasteiger partial charge on any atom is 0.325 e. The molecule has 1 aliphatic rings. The van der Waals surface area contributed by atoms with Gasteiger partial charge in [0.1, 0.15) is 6.54 Å². The molecule has 0 bridgehead atoms. The lowest BCUT2D eigenvalue weighted by atomic mass is 9.90. The minimum Gasteiger partial charge on any atom is -0.464 e. The second-order valence-electron chi connectivity index (χ2n) is 4.17. The van der Waals surface area contributed by atoms with Crippen LogP contribution < -0.4 is 11.1 Å². The van der Waals surface area contributed by atoms with Crippen LogP contribution in [0.25, 0.3) is 0 Å². The fourth-order valence-electron chi connectivity index (χ4n) is 1.86. The van der Waals surface area contributed by atoms with E-state index in [4.69, 9.17) is 10.5 Å². The average molecular weight is 228 g/mol. The van der Waals surface area contributed by atoms with Gasteiger partial charge in [-0.15, -0.1) is 0 Å². The van der Waals surface area contributed by atoms with Gasteiger partial charge in [-0.25, -0.2) is 0 Å². The Morgan fingerprint density at radius 2 is 1.94 bits per heavy atom. The van der Waals surface area contributed by atoms with Crippen molar-refractivity contribution in [3.63, 3.8) is 0 Å². The first-order valence-electron chi connectivity index (χ1n) is 5.84. The zero-order chi connectivity index (χ0) is 11.8. The number of nitrogens with two attached hydrogens (primary N) is 1. The molecule has 1 rings (SSSR count). The molecule has 1 aliphatic carbocycles. The van der Waals surface area contributed by atoms with Gasteiger partial charge in [-0.3, -0.25) is 9.59 Å². The summed E-state index contributed by atoms with van der Waals surface area (Å²) in [4.78, 5) is 22.0. The van der Waals surface area contributed by atoms with Crippen molar-refractivity contribution < 1.29 is 14.3 Å². The lowest BCUT2D eigenvalue weighted by Gasteiger charge is -2.21. The van der Waals surface area contributed by atoms with E-state index < -0.39 is 0 Å². The Bertz CT molecular complexity index is 237. The van der Waals surface area contributed by atoms with Crippen LogP contribution in [-0.4, -0.2) is 31.6 Å². The summed E-state index contributed by atoms with van der Waals surface area (Å²) >= 11 is 0. The summed E-state index contributed by atoms with van der Waals surface area (Å²) in [5.41, 5.74) is 5.08. The predicted molar refractivity (Wildman–Crippen MR) is 59.6 cm³/mol. The number of rotatable bonds is 5. The van der Waals surface area contributed by atoms with Gasteiger partial charge < -0.3 is 15.8 Å². The molecule has 0 aromatic carbocycles. The molecule has 1 saturated carbocycles. The lowest BCUT2D eigenvalue weighted by Crippen LogP contribution is -2.35. The molecule has 0 aromatic rings. The summed E-state index contributed by atoms with van der Waals surface area (Å²) in [6.45, 7) is 0.302. The van der Waals surface area contributed by atoms with Crippen molar-refractivity contribution in [1.29, 1.82) is 0 Å². The topological polar surface area (TPSA) is 81.4 Å². The molecule has 0 aliphatic heterocycles. The van der Waals surface area contributed by atoms with Gasteiger partial charge >= 0.3 is 5.97 Å². The molecule has 0 spiro atoms. The Morgan fingerprint density at radius 3 is 2.56 bits per heavy atom. The lowest BCUT2D eigenvalue weighted by molar-refractivity contribution is -0.145. The Balaban J connectivity index is 2.07. The first kappa shape index (κ1) is 13.0. The Morgan fingerprint density at radius 1 is 1.25 bits per heavy atom. The van der Waals surface area contributed by atoms with Crippen molar-refractivity contribution in [3.8, 4) is 0 Å². The van der Waals surface area contributed by atoms with E-state index in [0.717, 1.165) is 12.8 Å². The Hall–Kier alpha value is -1.10. The maximum atomic E-state index is 11.2. The number of carbonyl (C=O) groups excluding carboxylic acids is 2. The molecule has 92 valence electrons. The van der Waals surface area contributed by atoms with Crippen molar-refractivity contribution >= 4 is 11.9 Å². The number of esters is 1. The zero-order valence-electron chi connectivity index (χ0n) is 9.54. The number of nitrogens with one attached hydrogen (secondary N) is 1. The smallest absolute Gasteiger partial charge is 0.325 e. The third-order valence-corrected chi connectivity index (χ3v) is 2.82. The van der Waals surface area contributed by atoms with Gasteiger partial charge in [0.2, 0.25) is 5.91 Å². The van der Waals surface area contributed by atoms with Crippen molar-refractivity contribution in [3.05, 3.63) is 0 Å². The number of hydrogen-bond acceptors (Lipinski definition) is 4. The molecule has 0 saturated heterocycles. The van der Waals surface area contributed by atoms with Gasteiger partial charge in [0, 0.05) is 0 Å². The summed E-state index contributed by atoms with van der Waals surface area (Å²) in [7, 11) is 0. The third kappa shape index (κ3) is 5.11. The second kappa shape index (κ2) is 7.22. The van der Waals surface area contributed by atoms with E-state index in [9.17, 15) is 9.59 Å². The summed E-state index contributed by atoms with van der Waals surface area (Å²) in [5, 5.41) is 2.38. The zero-order valence-corrected chi connectivity index (χ0v) is 9.54. The molecule has 1 fully saturated rings. The first-order chi connectivity index (χ1) is 7.72. The molecule has 5 heteroatoms. The summed E-state index contributed by atoms with van der Waals surface area (Å²) in [6.07, 6.45) is 6.03. The monoisotopic (exact) mass is 228 g/mol. The number of hydrogen-bond donors (Lipinski definition) is 2. The van der Waals surface area contributed by atoms with E-state index in [0.29, 0.717) is 12.5 Å². The molecule has 3 N–H and O–H groups in total. The van der Waals surface area contributed by atoms with Crippen LogP contribution >= 0.6 is 0 Å². The van der Waals surface area contributed by atoms with Crippen LogP contribution in [0.1, 0.15) is 32.1 Å². The van der Waals surface area contributed by atoms with Crippen molar-refractivity contribution in [1.82, 2.24) is 5.32 Å². The number of ether oxygens (including phenoxy) is 1. The number of amides is 1. The van der Waals surface area contributed by atoms with E-state index in [2.05, 4.69) is 5.32 Å². The van der Waals surface area contributed by atoms with Gasteiger partial charge in [-0.05, 0) is 18.8 Å². The van der Waals surface area contributed by atoms with Crippen LogP contribution in [0.2, 0.25) is 0 Å². The van der Waals surface area contributed by atoms with E-state index in [-0.39, 0.29) is 25.0 Å². The van der Waals surface area contributed by atoms with Crippen LogP contribution in [-0.2, 0) is 14.3 Å². The van der Waals surface area contributed by atoms with Gasteiger partial charge in [-0.1, -0.05) is 19.3 Å². The second-order valence-corrected chi connectivity index (χ2v) is 4.17. The fourth-order valence-corrected chi connectivity index (χ4v) is 1.86. The summed E-state index contributed by atoms with van der Waals surface area (Å²) in [6, 6.07) is 0. The van der Waals surface area contributed by atoms with E-state index in [1.807, 2.05) is 0 Å². The standard InChI is InChI=1S/C11H20N2O3/c12-6-10(14)13-7-11(15)16-8-9-4-2-1-3-5-9/h9H,1-8,12H2,(H,13,14). The Labute approximate surface area is 95.7 Å². The van der Waals surface area contributed by atoms with Crippen LogP contribution in [0, 0.1) is 5.92 Å². The first-order valence-corrected chi connectivity index (χ1v) is 5.84. The molecule has 0 atom stereocenters. The quantitative estimate of drug-likeness (QED) is 0.658. The molecular formula is C11H20N2O3. The SMILES string of the molecule is NCC(=O)NCC(=O)OCC1CCCCC1. The summed E-state index contributed by atoms with van der Waals surface area (Å²) < 4.78 is 5.08. The van der Waals surface area contributed by atoms with Gasteiger partial charge in [0.25, 0.3) is 0 Å². The predicted octanol–water partition coefficient (Wildman–Crippen LogP) is 0.185. The molecule has 0 radical (unpaired) electrons. The highest BCUT2D eigenvalue weighted by Crippen LogP contribution is 2.23. The minimum atomic E-state index is -0.382. The van der Waals surface area contributed by atoms with Crippen molar-refractivity contribution in [2.45, 2.75) is 32.1 Å². The van der Waals surface area contributed by atoms with Crippen LogP contribution in [0.4, 0.5) is 0 Å². The van der Waals surface area contributed by atoms with E-state index >= 15 is 0 Å². The number of carbonyl (C=O) groups is 2. The molecule has 1 amide bonds. The molecule has 16 heavy (non-hydrogen) atoms. The maximum absolute atomic E-state index is 11.2. The van der Waals surface area contributed by atoms with Gasteiger partial charge in [-0.2, -0.15) is 0 Å². The minimum absolute atomic E-state index is 0.0806.